The van der Waals surface area contributed by atoms with E-state index in [4.69, 9.17) is 9.47 Å². The Kier molecular flexibility index (Phi) is 5.07. The predicted molar refractivity (Wildman–Crippen MR) is 108 cm³/mol. The zero-order chi connectivity index (χ0) is 19.7. The number of anilines is 2. The Labute approximate surface area is 165 Å². The van der Waals surface area contributed by atoms with Crippen molar-refractivity contribution in [3.05, 3.63) is 42.0 Å². The summed E-state index contributed by atoms with van der Waals surface area (Å²) < 4.78 is 39.3. The van der Waals surface area contributed by atoms with Crippen LogP contribution < -0.4 is 24.0 Å². The van der Waals surface area contributed by atoms with Crippen LogP contribution in [0.4, 0.5) is 11.4 Å². The first-order chi connectivity index (χ1) is 13.4. The maximum Gasteiger partial charge on any atom is 0.262 e. The maximum atomic E-state index is 12.8. The number of sulfonamides is 1. The van der Waals surface area contributed by atoms with Gasteiger partial charge in [-0.25, -0.2) is 8.42 Å². The number of nitrogens with one attached hydrogen (secondary N) is 2. The lowest BCUT2D eigenvalue weighted by Gasteiger charge is -2.32. The zero-order valence-electron chi connectivity index (χ0n) is 16.2. The molecule has 1 saturated heterocycles. The van der Waals surface area contributed by atoms with E-state index in [0.29, 0.717) is 30.4 Å². The van der Waals surface area contributed by atoms with Gasteiger partial charge in [-0.2, -0.15) is 0 Å². The van der Waals surface area contributed by atoms with Crippen LogP contribution >= 0.6 is 0 Å². The van der Waals surface area contributed by atoms with E-state index in [-0.39, 0.29) is 4.90 Å². The fraction of sp³-hybridized carbons (Fsp3) is 0.400. The van der Waals surface area contributed by atoms with Crippen molar-refractivity contribution in [3.8, 4) is 11.5 Å². The van der Waals surface area contributed by atoms with Crippen molar-refractivity contribution in [1.29, 1.82) is 0 Å². The molecule has 2 N–H and O–H groups in total. The van der Waals surface area contributed by atoms with E-state index in [1.807, 2.05) is 25.1 Å². The Morgan fingerprint density at radius 3 is 2.43 bits per heavy atom. The Morgan fingerprint density at radius 1 is 1.00 bits per heavy atom. The summed E-state index contributed by atoms with van der Waals surface area (Å²) in [7, 11) is -1.51. The predicted octanol–water partition coefficient (Wildman–Crippen LogP) is 0.902. The van der Waals surface area contributed by atoms with Gasteiger partial charge in [-0.05, 0) is 42.8 Å². The molecule has 4 rings (SSSR count). The quantitative estimate of drug-likeness (QED) is 0.792. The van der Waals surface area contributed by atoms with Crippen LogP contribution in [0, 0.1) is 6.92 Å². The van der Waals surface area contributed by atoms with Crippen molar-refractivity contribution >= 4 is 21.4 Å². The van der Waals surface area contributed by atoms with Crippen LogP contribution in [0.3, 0.4) is 0 Å². The molecular formula is C20H26N3O4S+. The third-order valence-corrected chi connectivity index (χ3v) is 6.62. The van der Waals surface area contributed by atoms with Crippen molar-refractivity contribution in [2.45, 2.75) is 11.8 Å². The summed E-state index contributed by atoms with van der Waals surface area (Å²) >= 11 is 0. The molecule has 0 unspecified atom stereocenters. The number of ether oxygens (including phenoxy) is 2. The minimum Gasteiger partial charge on any atom is -0.486 e. The fourth-order valence-corrected chi connectivity index (χ4v) is 4.65. The standard InChI is InChI=1S/C20H25N3O4S/c1-15-13-16(23-9-7-22(2)8-10-23)3-5-18(15)21-28(24,25)17-4-6-19-20(14-17)27-12-11-26-19/h3-6,13-14,21H,7-12H2,1-2H3/p+1. The molecule has 0 radical (unpaired) electrons. The Morgan fingerprint density at radius 2 is 1.71 bits per heavy atom. The molecule has 0 bridgehead atoms. The highest BCUT2D eigenvalue weighted by Gasteiger charge is 2.21. The Balaban J connectivity index is 1.53. The topological polar surface area (TPSA) is 72.3 Å². The SMILES string of the molecule is Cc1cc(N2CC[NH+](C)CC2)ccc1NS(=O)(=O)c1ccc2c(c1)OCCO2. The van der Waals surface area contributed by atoms with Gasteiger partial charge in [-0.1, -0.05) is 0 Å². The first-order valence-electron chi connectivity index (χ1n) is 9.52. The van der Waals surface area contributed by atoms with E-state index in [1.165, 1.54) is 17.0 Å². The largest absolute Gasteiger partial charge is 0.486 e. The second-order valence-electron chi connectivity index (χ2n) is 7.35. The number of fused-ring (bicyclic) bond motifs is 1. The number of likely N-dealkylation sites (N-methyl/N-ethyl adjacent to an activating group) is 1. The number of aryl methyl sites for hydroxylation is 1. The molecule has 150 valence electrons. The van der Waals surface area contributed by atoms with Crippen LogP contribution in [0.15, 0.2) is 41.3 Å². The molecule has 0 atom stereocenters. The van der Waals surface area contributed by atoms with Gasteiger partial charge >= 0.3 is 0 Å². The summed E-state index contributed by atoms with van der Waals surface area (Å²) in [6.45, 7) is 7.04. The molecule has 2 heterocycles. The second-order valence-corrected chi connectivity index (χ2v) is 9.04. The zero-order valence-corrected chi connectivity index (χ0v) is 17.0. The summed E-state index contributed by atoms with van der Waals surface area (Å²) in [5, 5.41) is 0. The van der Waals surface area contributed by atoms with Crippen LogP contribution in [-0.4, -0.2) is 54.9 Å². The number of hydrogen-bond donors (Lipinski definition) is 2. The lowest BCUT2D eigenvalue weighted by Crippen LogP contribution is -3.12. The number of benzene rings is 2. The van der Waals surface area contributed by atoms with Crippen LogP contribution in [0.2, 0.25) is 0 Å². The first-order valence-corrected chi connectivity index (χ1v) is 11.0. The van der Waals surface area contributed by atoms with Crippen molar-refractivity contribution in [2.75, 3.05) is 56.1 Å². The normalized spacial score (nSPS) is 17.4. The summed E-state index contributed by atoms with van der Waals surface area (Å²) in [6.07, 6.45) is 0. The van der Waals surface area contributed by atoms with Crippen molar-refractivity contribution in [1.82, 2.24) is 0 Å². The highest BCUT2D eigenvalue weighted by Crippen LogP contribution is 2.33. The van der Waals surface area contributed by atoms with Gasteiger partial charge in [0.05, 0.1) is 43.8 Å². The fourth-order valence-electron chi connectivity index (χ4n) is 3.50. The molecule has 0 amide bonds. The lowest BCUT2D eigenvalue weighted by molar-refractivity contribution is -0.880. The molecule has 2 aromatic rings. The number of hydrogen-bond acceptors (Lipinski definition) is 5. The number of piperazine rings is 1. The van der Waals surface area contributed by atoms with Gasteiger partial charge in [-0.15, -0.1) is 0 Å². The average Bonchev–Trinajstić information content (AvgIpc) is 2.69. The van der Waals surface area contributed by atoms with Crippen LogP contribution in [0.5, 0.6) is 11.5 Å². The molecule has 2 aliphatic heterocycles. The van der Waals surface area contributed by atoms with Gasteiger partial charge < -0.3 is 19.3 Å². The average molecular weight is 405 g/mol. The molecule has 1 fully saturated rings. The lowest BCUT2D eigenvalue weighted by atomic mass is 10.1. The molecule has 0 spiro atoms. The van der Waals surface area contributed by atoms with Gasteiger partial charge in [0.25, 0.3) is 10.0 Å². The van der Waals surface area contributed by atoms with E-state index in [1.54, 1.807) is 6.07 Å². The second kappa shape index (κ2) is 7.52. The van der Waals surface area contributed by atoms with Crippen LogP contribution in [0.25, 0.3) is 0 Å². The molecular weight excluding hydrogens is 378 g/mol. The smallest absolute Gasteiger partial charge is 0.262 e. The van der Waals surface area contributed by atoms with Gasteiger partial charge in [0.1, 0.15) is 13.2 Å². The Hall–Kier alpha value is -2.45. The highest BCUT2D eigenvalue weighted by molar-refractivity contribution is 7.92. The van der Waals surface area contributed by atoms with E-state index in [0.717, 1.165) is 37.4 Å². The summed E-state index contributed by atoms with van der Waals surface area (Å²) in [5.41, 5.74) is 2.61. The van der Waals surface area contributed by atoms with Gasteiger partial charge in [0.2, 0.25) is 0 Å². The third kappa shape index (κ3) is 3.88. The highest BCUT2D eigenvalue weighted by atomic mass is 32.2. The van der Waals surface area contributed by atoms with E-state index in [2.05, 4.69) is 16.7 Å². The van der Waals surface area contributed by atoms with Crippen molar-refractivity contribution < 1.29 is 22.8 Å². The molecule has 2 aliphatic rings. The minimum atomic E-state index is -3.72. The maximum absolute atomic E-state index is 12.8. The molecule has 0 saturated carbocycles. The summed E-state index contributed by atoms with van der Waals surface area (Å²) in [5.74, 6) is 1.03. The van der Waals surface area contributed by atoms with E-state index < -0.39 is 10.0 Å². The number of rotatable bonds is 4. The van der Waals surface area contributed by atoms with Gasteiger partial charge in [0.15, 0.2) is 11.5 Å². The Bertz CT molecular complexity index is 969. The van der Waals surface area contributed by atoms with Crippen LogP contribution in [0.1, 0.15) is 5.56 Å². The monoisotopic (exact) mass is 404 g/mol. The van der Waals surface area contributed by atoms with E-state index >= 15 is 0 Å². The molecule has 7 nitrogen and oxygen atoms in total. The molecule has 8 heteroatoms. The molecule has 0 aliphatic carbocycles. The number of nitrogens with zero attached hydrogens (tertiary/aromatic N) is 1. The van der Waals surface area contributed by atoms with Crippen molar-refractivity contribution in [3.63, 3.8) is 0 Å². The van der Waals surface area contributed by atoms with Crippen LogP contribution in [-0.2, 0) is 10.0 Å². The summed E-state index contributed by atoms with van der Waals surface area (Å²) in [6, 6.07) is 10.5. The third-order valence-electron chi connectivity index (χ3n) is 5.26. The van der Waals surface area contributed by atoms with Crippen molar-refractivity contribution in [2.24, 2.45) is 0 Å². The first kappa shape index (κ1) is 18.9. The molecule has 28 heavy (non-hydrogen) atoms. The van der Waals surface area contributed by atoms with Gasteiger partial charge in [-0.3, -0.25) is 4.72 Å². The van der Waals surface area contributed by atoms with E-state index in [9.17, 15) is 8.42 Å². The minimum absolute atomic E-state index is 0.155. The molecule has 0 aromatic heterocycles. The number of quaternary nitrogens is 1. The van der Waals surface area contributed by atoms with Gasteiger partial charge in [0, 0.05) is 11.8 Å². The molecule has 2 aromatic carbocycles. The summed E-state index contributed by atoms with van der Waals surface area (Å²) in [4.78, 5) is 4.04.